The molecule has 22 heavy (non-hydrogen) atoms. The SMILES string of the molecule is Fc1cccc(F)c1-c1cccc2c1[C@H]1CCNCC[C@@H]1N2. The molecule has 0 saturated carbocycles. The Labute approximate surface area is 128 Å². The van der Waals surface area contributed by atoms with Gasteiger partial charge in [0.15, 0.2) is 0 Å². The van der Waals surface area contributed by atoms with Crippen LogP contribution >= 0.6 is 0 Å². The van der Waals surface area contributed by atoms with Crippen LogP contribution in [0.25, 0.3) is 11.1 Å². The lowest BCUT2D eigenvalue weighted by molar-refractivity contribution is 0.574. The molecule has 1 saturated heterocycles. The average molecular weight is 300 g/mol. The topological polar surface area (TPSA) is 24.1 Å². The molecule has 0 radical (unpaired) electrons. The molecule has 0 unspecified atom stereocenters. The average Bonchev–Trinajstić information content (AvgIpc) is 2.70. The molecule has 1 fully saturated rings. The molecular weight excluding hydrogens is 282 g/mol. The van der Waals surface area contributed by atoms with Crippen LogP contribution in [-0.4, -0.2) is 19.1 Å². The molecule has 0 aromatic heterocycles. The first-order valence-corrected chi connectivity index (χ1v) is 7.80. The van der Waals surface area contributed by atoms with E-state index in [2.05, 4.69) is 10.6 Å². The molecule has 0 spiro atoms. The summed E-state index contributed by atoms with van der Waals surface area (Å²) in [7, 11) is 0. The van der Waals surface area contributed by atoms with Crippen molar-refractivity contribution in [3.8, 4) is 11.1 Å². The third kappa shape index (κ3) is 2.10. The van der Waals surface area contributed by atoms with Crippen molar-refractivity contribution in [3.63, 3.8) is 0 Å². The smallest absolute Gasteiger partial charge is 0.133 e. The van der Waals surface area contributed by atoms with E-state index in [1.807, 2.05) is 18.2 Å². The Hall–Kier alpha value is -1.94. The van der Waals surface area contributed by atoms with Crippen LogP contribution in [0.4, 0.5) is 14.5 Å². The van der Waals surface area contributed by atoms with Crippen molar-refractivity contribution in [1.82, 2.24) is 5.32 Å². The van der Waals surface area contributed by atoms with Crippen LogP contribution in [0.5, 0.6) is 0 Å². The van der Waals surface area contributed by atoms with E-state index in [0.717, 1.165) is 37.2 Å². The third-order valence-electron chi connectivity index (χ3n) is 4.80. The number of halogens is 2. The van der Waals surface area contributed by atoms with E-state index in [-0.39, 0.29) is 5.56 Å². The van der Waals surface area contributed by atoms with E-state index in [0.29, 0.717) is 17.5 Å². The maximum absolute atomic E-state index is 14.2. The highest BCUT2D eigenvalue weighted by Crippen LogP contribution is 2.46. The first kappa shape index (κ1) is 13.7. The van der Waals surface area contributed by atoms with Gasteiger partial charge in [0.05, 0.1) is 5.56 Å². The van der Waals surface area contributed by atoms with Gasteiger partial charge in [0, 0.05) is 17.6 Å². The van der Waals surface area contributed by atoms with Crippen LogP contribution in [0, 0.1) is 11.6 Å². The van der Waals surface area contributed by atoms with Crippen LogP contribution in [0.3, 0.4) is 0 Å². The zero-order valence-corrected chi connectivity index (χ0v) is 12.2. The second-order valence-electron chi connectivity index (χ2n) is 6.05. The lowest BCUT2D eigenvalue weighted by Crippen LogP contribution is -2.21. The van der Waals surface area contributed by atoms with Gasteiger partial charge >= 0.3 is 0 Å². The third-order valence-corrected chi connectivity index (χ3v) is 4.80. The van der Waals surface area contributed by atoms with Gasteiger partial charge in [-0.25, -0.2) is 8.78 Å². The van der Waals surface area contributed by atoms with Crippen LogP contribution in [0.1, 0.15) is 24.3 Å². The molecule has 4 heteroatoms. The molecule has 2 aromatic carbocycles. The van der Waals surface area contributed by atoms with E-state index in [4.69, 9.17) is 0 Å². The molecule has 2 nitrogen and oxygen atoms in total. The van der Waals surface area contributed by atoms with Crippen molar-refractivity contribution in [3.05, 3.63) is 53.6 Å². The minimum atomic E-state index is -0.497. The highest BCUT2D eigenvalue weighted by Gasteiger charge is 2.35. The quantitative estimate of drug-likeness (QED) is 0.835. The van der Waals surface area contributed by atoms with E-state index >= 15 is 0 Å². The standard InChI is InChI=1S/C18H18F2N2/c19-13-4-2-5-14(20)18(13)12-3-1-6-16-17(12)11-7-9-21-10-8-15(11)22-16/h1-6,11,15,21-22H,7-10H2/t11-,15-/m0/s1. The molecule has 2 aliphatic heterocycles. The molecule has 2 aromatic rings. The number of benzene rings is 2. The summed E-state index contributed by atoms with van der Waals surface area (Å²) in [6.07, 6.45) is 2.01. The number of nitrogens with one attached hydrogen (secondary N) is 2. The summed E-state index contributed by atoms with van der Waals surface area (Å²) in [5, 5.41) is 6.94. The Morgan fingerprint density at radius 1 is 0.909 bits per heavy atom. The molecule has 0 amide bonds. The minimum absolute atomic E-state index is 0.0963. The predicted octanol–water partition coefficient (Wildman–Crippen LogP) is 3.89. The first-order chi connectivity index (χ1) is 10.8. The minimum Gasteiger partial charge on any atom is -0.381 e. The molecule has 114 valence electrons. The van der Waals surface area contributed by atoms with Gasteiger partial charge < -0.3 is 10.6 Å². The molecular formula is C18H18F2N2. The summed E-state index contributed by atoms with van der Waals surface area (Å²) in [4.78, 5) is 0. The Morgan fingerprint density at radius 2 is 1.64 bits per heavy atom. The Balaban J connectivity index is 1.89. The van der Waals surface area contributed by atoms with Gasteiger partial charge in [-0.1, -0.05) is 18.2 Å². The summed E-state index contributed by atoms with van der Waals surface area (Å²) < 4.78 is 28.5. The van der Waals surface area contributed by atoms with Gasteiger partial charge in [-0.2, -0.15) is 0 Å². The molecule has 2 aliphatic rings. The summed E-state index contributed by atoms with van der Waals surface area (Å²) in [6.45, 7) is 1.92. The monoisotopic (exact) mass is 300 g/mol. The van der Waals surface area contributed by atoms with Gasteiger partial charge in [-0.3, -0.25) is 0 Å². The van der Waals surface area contributed by atoms with Gasteiger partial charge in [0.1, 0.15) is 11.6 Å². The second kappa shape index (κ2) is 5.36. The maximum atomic E-state index is 14.2. The number of hydrogen-bond donors (Lipinski definition) is 2. The highest BCUT2D eigenvalue weighted by atomic mass is 19.1. The van der Waals surface area contributed by atoms with E-state index in [9.17, 15) is 8.78 Å². The molecule has 2 heterocycles. The number of anilines is 1. The van der Waals surface area contributed by atoms with E-state index in [1.165, 1.54) is 18.2 Å². The van der Waals surface area contributed by atoms with Gasteiger partial charge in [-0.15, -0.1) is 0 Å². The predicted molar refractivity (Wildman–Crippen MR) is 84.0 cm³/mol. The van der Waals surface area contributed by atoms with Crippen LogP contribution < -0.4 is 10.6 Å². The van der Waals surface area contributed by atoms with E-state index in [1.54, 1.807) is 0 Å². The number of hydrogen-bond acceptors (Lipinski definition) is 2. The Morgan fingerprint density at radius 3 is 2.45 bits per heavy atom. The fourth-order valence-corrected chi connectivity index (χ4v) is 3.82. The lowest BCUT2D eigenvalue weighted by Gasteiger charge is -2.18. The molecule has 0 aliphatic carbocycles. The fraction of sp³-hybridized carbons (Fsp3) is 0.333. The highest BCUT2D eigenvalue weighted by molar-refractivity contribution is 5.78. The van der Waals surface area contributed by atoms with Gasteiger partial charge in [-0.05, 0) is 55.3 Å². The lowest BCUT2D eigenvalue weighted by atomic mass is 9.85. The zero-order chi connectivity index (χ0) is 15.1. The zero-order valence-electron chi connectivity index (χ0n) is 12.2. The van der Waals surface area contributed by atoms with Crippen LogP contribution in [0.2, 0.25) is 0 Å². The van der Waals surface area contributed by atoms with Crippen LogP contribution in [-0.2, 0) is 0 Å². The molecule has 4 rings (SSSR count). The Kier molecular flexibility index (Phi) is 3.34. The maximum Gasteiger partial charge on any atom is 0.133 e. The fourth-order valence-electron chi connectivity index (χ4n) is 3.82. The van der Waals surface area contributed by atoms with Crippen molar-refractivity contribution in [2.75, 3.05) is 18.4 Å². The summed E-state index contributed by atoms with van der Waals surface area (Å²) >= 11 is 0. The van der Waals surface area contributed by atoms with Gasteiger partial charge in [0.2, 0.25) is 0 Å². The van der Waals surface area contributed by atoms with Crippen LogP contribution in [0.15, 0.2) is 36.4 Å². The Bertz CT molecular complexity index is 694. The normalized spacial score (nSPS) is 23.4. The van der Waals surface area contributed by atoms with Crippen molar-refractivity contribution < 1.29 is 8.78 Å². The van der Waals surface area contributed by atoms with Crippen molar-refractivity contribution in [1.29, 1.82) is 0 Å². The molecule has 2 atom stereocenters. The molecule has 2 N–H and O–H groups in total. The second-order valence-corrected chi connectivity index (χ2v) is 6.05. The molecule has 0 bridgehead atoms. The van der Waals surface area contributed by atoms with Crippen molar-refractivity contribution in [2.24, 2.45) is 0 Å². The number of rotatable bonds is 1. The number of fused-ring (bicyclic) bond motifs is 3. The largest absolute Gasteiger partial charge is 0.381 e. The van der Waals surface area contributed by atoms with Gasteiger partial charge in [0.25, 0.3) is 0 Å². The van der Waals surface area contributed by atoms with Crippen molar-refractivity contribution >= 4 is 5.69 Å². The first-order valence-electron chi connectivity index (χ1n) is 7.80. The summed E-state index contributed by atoms with van der Waals surface area (Å²) in [5.41, 5.74) is 2.88. The van der Waals surface area contributed by atoms with Crippen molar-refractivity contribution in [2.45, 2.75) is 24.8 Å². The summed E-state index contributed by atoms with van der Waals surface area (Å²) in [6, 6.07) is 10.1. The summed E-state index contributed by atoms with van der Waals surface area (Å²) in [5.74, 6) is -0.688. The van der Waals surface area contributed by atoms with E-state index < -0.39 is 11.6 Å².